The Hall–Kier alpha value is -1.97. The van der Waals surface area contributed by atoms with Crippen molar-refractivity contribution in [3.63, 3.8) is 0 Å². The molecule has 2 rings (SSSR count). The van der Waals surface area contributed by atoms with Crippen LogP contribution in [-0.2, 0) is 9.53 Å². The van der Waals surface area contributed by atoms with E-state index in [-0.39, 0.29) is 17.7 Å². The van der Waals surface area contributed by atoms with Gasteiger partial charge in [-0.15, -0.1) is 0 Å². The van der Waals surface area contributed by atoms with Gasteiger partial charge in [-0.05, 0) is 12.0 Å². The standard InChI is InChI=1S/C14H17NO3/c1-8(2)11-9-6-4-5-7-10(9)18-13(15)12(11)14(16)17-3/h4-8,11H,15H2,1-3H3. The van der Waals surface area contributed by atoms with Crippen molar-refractivity contribution < 1.29 is 14.3 Å². The summed E-state index contributed by atoms with van der Waals surface area (Å²) in [4.78, 5) is 11.9. The summed E-state index contributed by atoms with van der Waals surface area (Å²) in [5.41, 5.74) is 7.24. The number of hydrogen-bond acceptors (Lipinski definition) is 4. The van der Waals surface area contributed by atoms with Crippen LogP contribution in [0.15, 0.2) is 35.7 Å². The molecule has 0 aromatic heterocycles. The van der Waals surface area contributed by atoms with Crippen molar-refractivity contribution in [3.8, 4) is 5.75 Å². The molecule has 4 heteroatoms. The average molecular weight is 247 g/mol. The Balaban J connectivity index is 2.56. The average Bonchev–Trinajstić information content (AvgIpc) is 2.35. The van der Waals surface area contributed by atoms with E-state index in [9.17, 15) is 4.79 Å². The lowest BCUT2D eigenvalue weighted by atomic mass is 9.80. The predicted octanol–water partition coefficient (Wildman–Crippen LogP) is 2.16. The Labute approximate surface area is 106 Å². The topological polar surface area (TPSA) is 61.5 Å². The first kappa shape index (κ1) is 12.5. The monoisotopic (exact) mass is 247 g/mol. The molecule has 1 aliphatic heterocycles. The number of esters is 1. The highest BCUT2D eigenvalue weighted by Crippen LogP contribution is 2.42. The second-order valence-electron chi connectivity index (χ2n) is 4.63. The number of methoxy groups -OCH3 is 1. The quantitative estimate of drug-likeness (QED) is 0.813. The molecule has 1 atom stereocenters. The van der Waals surface area contributed by atoms with E-state index in [1.54, 1.807) is 0 Å². The fourth-order valence-corrected chi connectivity index (χ4v) is 2.34. The largest absolute Gasteiger partial charge is 0.465 e. The van der Waals surface area contributed by atoms with Crippen LogP contribution >= 0.6 is 0 Å². The molecule has 0 saturated carbocycles. The minimum atomic E-state index is -0.430. The van der Waals surface area contributed by atoms with Gasteiger partial charge in [0, 0.05) is 11.5 Å². The Bertz CT molecular complexity index is 506. The molecule has 0 saturated heterocycles. The smallest absolute Gasteiger partial charge is 0.339 e. The lowest BCUT2D eigenvalue weighted by molar-refractivity contribution is -0.136. The van der Waals surface area contributed by atoms with Crippen molar-refractivity contribution in [2.45, 2.75) is 19.8 Å². The molecular formula is C14H17NO3. The first-order valence-corrected chi connectivity index (χ1v) is 5.91. The lowest BCUT2D eigenvalue weighted by Crippen LogP contribution is -2.28. The van der Waals surface area contributed by atoms with E-state index in [1.807, 2.05) is 38.1 Å². The van der Waals surface area contributed by atoms with E-state index >= 15 is 0 Å². The van der Waals surface area contributed by atoms with E-state index < -0.39 is 5.97 Å². The van der Waals surface area contributed by atoms with Crippen LogP contribution in [-0.4, -0.2) is 13.1 Å². The Morgan fingerprint density at radius 1 is 1.39 bits per heavy atom. The molecule has 0 aliphatic carbocycles. The van der Waals surface area contributed by atoms with Gasteiger partial charge >= 0.3 is 5.97 Å². The number of nitrogens with two attached hydrogens (primary N) is 1. The molecule has 96 valence electrons. The highest BCUT2D eigenvalue weighted by Gasteiger charge is 2.35. The minimum absolute atomic E-state index is 0.0950. The van der Waals surface area contributed by atoms with Crippen molar-refractivity contribution in [3.05, 3.63) is 41.3 Å². The van der Waals surface area contributed by atoms with Gasteiger partial charge in [0.15, 0.2) is 0 Å². The van der Waals surface area contributed by atoms with Crippen molar-refractivity contribution in [2.24, 2.45) is 11.7 Å². The van der Waals surface area contributed by atoms with Crippen LogP contribution in [0.5, 0.6) is 5.75 Å². The highest BCUT2D eigenvalue weighted by molar-refractivity contribution is 5.91. The number of benzene rings is 1. The Morgan fingerprint density at radius 3 is 2.67 bits per heavy atom. The van der Waals surface area contributed by atoms with Crippen LogP contribution in [0.25, 0.3) is 0 Å². The van der Waals surface area contributed by atoms with Crippen molar-refractivity contribution >= 4 is 5.97 Å². The van der Waals surface area contributed by atoms with Gasteiger partial charge in [0.05, 0.1) is 7.11 Å². The van der Waals surface area contributed by atoms with Crippen LogP contribution in [0.3, 0.4) is 0 Å². The zero-order valence-corrected chi connectivity index (χ0v) is 10.8. The third-order valence-corrected chi connectivity index (χ3v) is 3.12. The maximum Gasteiger partial charge on any atom is 0.339 e. The summed E-state index contributed by atoms with van der Waals surface area (Å²) in [6, 6.07) is 7.61. The molecule has 0 spiro atoms. The molecule has 0 radical (unpaired) electrons. The molecule has 2 N–H and O–H groups in total. The maximum absolute atomic E-state index is 11.9. The molecule has 1 aliphatic rings. The number of fused-ring (bicyclic) bond motifs is 1. The van der Waals surface area contributed by atoms with Gasteiger partial charge in [-0.2, -0.15) is 0 Å². The maximum atomic E-state index is 11.9. The van der Waals surface area contributed by atoms with Gasteiger partial charge in [-0.3, -0.25) is 0 Å². The number of carbonyl (C=O) groups is 1. The van der Waals surface area contributed by atoms with Crippen LogP contribution in [0.1, 0.15) is 25.3 Å². The fraction of sp³-hybridized carbons (Fsp3) is 0.357. The summed E-state index contributed by atoms with van der Waals surface area (Å²) in [7, 11) is 1.35. The third-order valence-electron chi connectivity index (χ3n) is 3.12. The van der Waals surface area contributed by atoms with Crippen LogP contribution < -0.4 is 10.5 Å². The number of rotatable bonds is 2. The van der Waals surface area contributed by atoms with Crippen LogP contribution in [0, 0.1) is 5.92 Å². The molecule has 18 heavy (non-hydrogen) atoms. The molecule has 1 aromatic carbocycles. The van der Waals surface area contributed by atoms with Gasteiger partial charge < -0.3 is 15.2 Å². The van der Waals surface area contributed by atoms with Crippen LogP contribution in [0.4, 0.5) is 0 Å². The summed E-state index contributed by atoms with van der Waals surface area (Å²) in [5, 5.41) is 0. The molecule has 1 heterocycles. The molecule has 4 nitrogen and oxygen atoms in total. The first-order chi connectivity index (χ1) is 8.56. The van der Waals surface area contributed by atoms with Gasteiger partial charge in [-0.25, -0.2) is 4.79 Å². The summed E-state index contributed by atoms with van der Waals surface area (Å²) < 4.78 is 10.3. The van der Waals surface area contributed by atoms with E-state index in [0.717, 1.165) is 5.56 Å². The van der Waals surface area contributed by atoms with Crippen molar-refractivity contribution in [2.75, 3.05) is 7.11 Å². The first-order valence-electron chi connectivity index (χ1n) is 5.91. The molecular weight excluding hydrogens is 230 g/mol. The second kappa shape index (κ2) is 4.72. The summed E-state index contributed by atoms with van der Waals surface area (Å²) >= 11 is 0. The number of carbonyl (C=O) groups excluding carboxylic acids is 1. The molecule has 0 bridgehead atoms. The van der Waals surface area contributed by atoms with Crippen LogP contribution in [0.2, 0.25) is 0 Å². The zero-order valence-electron chi connectivity index (χ0n) is 10.8. The van der Waals surface area contributed by atoms with Crippen molar-refractivity contribution in [1.29, 1.82) is 0 Å². The molecule has 1 unspecified atom stereocenters. The van der Waals surface area contributed by atoms with Gasteiger partial charge in [0.25, 0.3) is 0 Å². The van der Waals surface area contributed by atoms with E-state index in [0.29, 0.717) is 11.3 Å². The normalized spacial score (nSPS) is 18.3. The van der Waals surface area contributed by atoms with Gasteiger partial charge in [-0.1, -0.05) is 32.0 Å². The SMILES string of the molecule is COC(=O)C1=C(N)Oc2ccccc2C1C(C)C. The summed E-state index contributed by atoms with van der Waals surface area (Å²) in [6.07, 6.45) is 0. The minimum Gasteiger partial charge on any atom is -0.465 e. The second-order valence-corrected chi connectivity index (χ2v) is 4.63. The highest BCUT2D eigenvalue weighted by atomic mass is 16.5. The molecule has 0 fully saturated rings. The van der Waals surface area contributed by atoms with E-state index in [2.05, 4.69) is 0 Å². The van der Waals surface area contributed by atoms with Crippen molar-refractivity contribution in [1.82, 2.24) is 0 Å². The summed E-state index contributed by atoms with van der Waals surface area (Å²) in [5.74, 6) is 0.548. The Kier molecular flexibility index (Phi) is 3.28. The zero-order chi connectivity index (χ0) is 13.3. The molecule has 0 amide bonds. The van der Waals surface area contributed by atoms with E-state index in [1.165, 1.54) is 7.11 Å². The van der Waals surface area contributed by atoms with E-state index in [4.69, 9.17) is 15.2 Å². The third kappa shape index (κ3) is 1.94. The number of ether oxygens (including phenoxy) is 2. The lowest BCUT2D eigenvalue weighted by Gasteiger charge is -2.30. The van der Waals surface area contributed by atoms with Gasteiger partial charge in [0.1, 0.15) is 11.3 Å². The Morgan fingerprint density at radius 2 is 2.06 bits per heavy atom. The molecule has 1 aromatic rings. The number of para-hydroxylation sites is 1. The fourth-order valence-electron chi connectivity index (χ4n) is 2.34. The van der Waals surface area contributed by atoms with Gasteiger partial charge in [0.2, 0.25) is 5.88 Å². The summed E-state index contributed by atoms with van der Waals surface area (Å²) in [6.45, 7) is 4.09. The predicted molar refractivity (Wildman–Crippen MR) is 67.9 cm³/mol. The number of hydrogen-bond donors (Lipinski definition) is 1.